The van der Waals surface area contributed by atoms with Crippen LogP contribution >= 0.6 is 11.6 Å². The normalized spacial score (nSPS) is 14.0. The molecule has 0 aliphatic heterocycles. The number of hydrogen-bond donors (Lipinski definition) is 1. The van der Waals surface area contributed by atoms with Crippen molar-refractivity contribution < 1.29 is 18.3 Å². The first kappa shape index (κ1) is 21.8. The minimum Gasteiger partial charge on any atom is -0.484 e. The summed E-state index contributed by atoms with van der Waals surface area (Å²) < 4.78 is 34.3. The second kappa shape index (κ2) is 9.36. The van der Waals surface area contributed by atoms with Gasteiger partial charge < -0.3 is 10.1 Å². The van der Waals surface area contributed by atoms with Crippen molar-refractivity contribution in [3.8, 4) is 11.4 Å². The van der Waals surface area contributed by atoms with E-state index >= 15 is 0 Å². The van der Waals surface area contributed by atoms with E-state index in [1.54, 1.807) is 36.0 Å². The Bertz CT molecular complexity index is 1210. The number of nitrogens with zero attached hydrogens (tertiary/aromatic N) is 2. The first-order chi connectivity index (χ1) is 15.4. The fourth-order valence-electron chi connectivity index (χ4n) is 3.48. The third-order valence-corrected chi connectivity index (χ3v) is 5.22. The molecule has 0 saturated heterocycles. The maximum Gasteiger partial charge on any atom is 0.270 e. The summed E-state index contributed by atoms with van der Waals surface area (Å²) >= 11 is 5.26. The van der Waals surface area contributed by atoms with Gasteiger partial charge in [-0.3, -0.25) is 4.79 Å². The van der Waals surface area contributed by atoms with E-state index in [1.165, 1.54) is 12.1 Å². The summed E-state index contributed by atoms with van der Waals surface area (Å²) in [6.07, 6.45) is 1.11. The number of aromatic nitrogens is 2. The van der Waals surface area contributed by atoms with Gasteiger partial charge in [-0.2, -0.15) is 5.10 Å². The zero-order valence-electron chi connectivity index (χ0n) is 17.1. The molecule has 5 nitrogen and oxygen atoms in total. The minimum absolute atomic E-state index is 0.317. The molecule has 0 bridgehead atoms. The Hall–Kier alpha value is -3.45. The van der Waals surface area contributed by atoms with Crippen molar-refractivity contribution in [1.29, 1.82) is 0 Å². The molecule has 3 aromatic carbocycles. The number of benzene rings is 3. The summed E-state index contributed by atoms with van der Waals surface area (Å²) in [6, 6.07) is 20.3. The monoisotopic (exact) mass is 455 g/mol. The number of alkyl halides is 2. The van der Waals surface area contributed by atoms with Gasteiger partial charge in [0.15, 0.2) is 0 Å². The summed E-state index contributed by atoms with van der Waals surface area (Å²) in [6.45, 7) is 1.72. The van der Waals surface area contributed by atoms with Crippen LogP contribution in [0.3, 0.4) is 0 Å². The molecule has 0 aliphatic rings. The molecule has 4 rings (SSSR count). The van der Waals surface area contributed by atoms with Gasteiger partial charge in [0.05, 0.1) is 23.4 Å². The molecule has 0 radical (unpaired) electrons. The molecule has 1 N–H and O–H groups in total. The van der Waals surface area contributed by atoms with E-state index in [1.807, 2.05) is 42.5 Å². The Morgan fingerprint density at radius 3 is 2.50 bits per heavy atom. The number of carbonyl (C=O) groups is 1. The average Bonchev–Trinajstić information content (AvgIpc) is 3.21. The quantitative estimate of drug-likeness (QED) is 0.383. The third kappa shape index (κ3) is 4.73. The number of amides is 1. The number of fused-ring (bicyclic) bond motifs is 1. The molecule has 164 valence electrons. The fourth-order valence-corrected chi connectivity index (χ4v) is 3.55. The van der Waals surface area contributed by atoms with Crippen LogP contribution in [0.1, 0.15) is 18.6 Å². The first-order valence-corrected chi connectivity index (χ1v) is 10.4. The number of nitrogens with one attached hydrogen (secondary N) is 1. The van der Waals surface area contributed by atoms with Crippen molar-refractivity contribution in [3.63, 3.8) is 0 Å². The Balaban J connectivity index is 1.62. The predicted octanol–water partition coefficient (Wildman–Crippen LogP) is 5.32. The Labute approximate surface area is 188 Å². The van der Waals surface area contributed by atoms with E-state index in [4.69, 9.17) is 16.3 Å². The smallest absolute Gasteiger partial charge is 0.270 e. The molecule has 0 aliphatic carbocycles. The molecule has 1 heterocycles. The van der Waals surface area contributed by atoms with E-state index in [2.05, 4.69) is 10.4 Å². The Kier molecular flexibility index (Phi) is 6.37. The van der Waals surface area contributed by atoms with Crippen LogP contribution < -0.4 is 10.1 Å². The third-order valence-electron chi connectivity index (χ3n) is 5.02. The van der Waals surface area contributed by atoms with Crippen LogP contribution in [0.4, 0.5) is 8.78 Å². The molecule has 1 unspecified atom stereocenters. The molecule has 1 amide bonds. The van der Waals surface area contributed by atoms with Crippen molar-refractivity contribution >= 4 is 28.4 Å². The van der Waals surface area contributed by atoms with Gasteiger partial charge in [0, 0.05) is 5.39 Å². The molecule has 8 heteroatoms. The van der Waals surface area contributed by atoms with Gasteiger partial charge in [-0.1, -0.05) is 41.9 Å². The topological polar surface area (TPSA) is 56.1 Å². The van der Waals surface area contributed by atoms with Gasteiger partial charge in [-0.05, 0) is 55.0 Å². The highest BCUT2D eigenvalue weighted by molar-refractivity contribution is 6.29. The zero-order chi connectivity index (χ0) is 22.7. The van der Waals surface area contributed by atoms with E-state index < -0.39 is 23.7 Å². The van der Waals surface area contributed by atoms with Crippen molar-refractivity contribution in [1.82, 2.24) is 15.1 Å². The van der Waals surface area contributed by atoms with Crippen LogP contribution in [0.2, 0.25) is 0 Å². The lowest BCUT2D eigenvalue weighted by molar-refractivity contribution is -0.124. The van der Waals surface area contributed by atoms with Crippen LogP contribution in [-0.4, -0.2) is 27.4 Å². The summed E-state index contributed by atoms with van der Waals surface area (Å²) in [5.74, 6) is -0.684. The van der Waals surface area contributed by atoms with Crippen LogP contribution in [0.15, 0.2) is 79.0 Å². The van der Waals surface area contributed by atoms with Crippen molar-refractivity contribution in [2.75, 3.05) is 0 Å². The van der Waals surface area contributed by atoms with Gasteiger partial charge in [-0.25, -0.2) is 13.5 Å². The fraction of sp³-hybridized carbons (Fsp3) is 0.167. The summed E-state index contributed by atoms with van der Waals surface area (Å²) in [7, 11) is 0. The average molecular weight is 456 g/mol. The molecule has 4 aromatic rings. The predicted molar refractivity (Wildman–Crippen MR) is 119 cm³/mol. The highest BCUT2D eigenvalue weighted by atomic mass is 35.5. The van der Waals surface area contributed by atoms with E-state index in [9.17, 15) is 13.6 Å². The molecule has 0 saturated carbocycles. The minimum atomic E-state index is -2.14. The second-order valence-electron chi connectivity index (χ2n) is 7.30. The van der Waals surface area contributed by atoms with Gasteiger partial charge in [0.25, 0.3) is 11.5 Å². The summed E-state index contributed by atoms with van der Waals surface area (Å²) in [4.78, 5) is 11.8. The number of rotatable bonds is 7. The van der Waals surface area contributed by atoms with Crippen LogP contribution in [0.5, 0.6) is 5.75 Å². The van der Waals surface area contributed by atoms with Crippen LogP contribution in [0, 0.1) is 5.82 Å². The summed E-state index contributed by atoms with van der Waals surface area (Å²) in [5.41, 5.74) is 0.231. The molecular weight excluding hydrogens is 436 g/mol. The second-order valence-corrected chi connectivity index (χ2v) is 7.68. The Morgan fingerprint density at radius 2 is 1.81 bits per heavy atom. The largest absolute Gasteiger partial charge is 0.484 e. The molecule has 1 aromatic heterocycles. The number of halogens is 3. The number of ether oxygens (including phenoxy) is 1. The van der Waals surface area contributed by atoms with Gasteiger partial charge in [-0.15, -0.1) is 0 Å². The first-order valence-electron chi connectivity index (χ1n) is 9.96. The zero-order valence-corrected chi connectivity index (χ0v) is 17.8. The maximum absolute atomic E-state index is 13.2. The summed E-state index contributed by atoms with van der Waals surface area (Å²) in [5, 5.41) is 7.76. The highest BCUT2D eigenvalue weighted by Gasteiger charge is 2.25. The van der Waals surface area contributed by atoms with Crippen molar-refractivity contribution in [2.24, 2.45) is 0 Å². The number of hydrogen-bond acceptors (Lipinski definition) is 3. The lowest BCUT2D eigenvalue weighted by Crippen LogP contribution is -2.41. The van der Waals surface area contributed by atoms with E-state index in [-0.39, 0.29) is 5.82 Å². The lowest BCUT2D eigenvalue weighted by Gasteiger charge is -2.26. The number of carbonyl (C=O) groups excluding carboxylic acids is 1. The highest BCUT2D eigenvalue weighted by Crippen LogP contribution is 2.29. The molecular formula is C24H20ClF2N3O2. The van der Waals surface area contributed by atoms with E-state index in [0.29, 0.717) is 5.75 Å². The van der Waals surface area contributed by atoms with Crippen molar-refractivity contribution in [3.05, 3.63) is 90.4 Å². The Morgan fingerprint density at radius 1 is 1.09 bits per heavy atom. The maximum atomic E-state index is 13.2. The van der Waals surface area contributed by atoms with Gasteiger partial charge in [0.1, 0.15) is 17.7 Å². The molecule has 3 atom stereocenters. The van der Waals surface area contributed by atoms with Crippen LogP contribution in [-0.2, 0) is 4.79 Å². The van der Waals surface area contributed by atoms with Crippen molar-refractivity contribution in [2.45, 2.75) is 24.7 Å². The standard InChI is InChI=1S/C24H20ClF2N3O2/c1-15(29-24(31)23(25)27)22(16-5-3-2-4-6-16)32-20-11-12-21-17(13-20)14-28-30(21)19-9-7-18(26)8-10-19/h2-15,22-23H,1H3,(H,29,31)/t15-,22-,23?/m0/s1. The molecule has 32 heavy (non-hydrogen) atoms. The van der Waals surface area contributed by atoms with E-state index in [0.717, 1.165) is 22.2 Å². The van der Waals surface area contributed by atoms with Gasteiger partial charge in [0.2, 0.25) is 0 Å². The molecule has 0 spiro atoms. The molecule has 0 fully saturated rings. The lowest BCUT2D eigenvalue weighted by atomic mass is 10.0. The van der Waals surface area contributed by atoms with Crippen LogP contribution in [0.25, 0.3) is 16.6 Å². The van der Waals surface area contributed by atoms with Gasteiger partial charge >= 0.3 is 0 Å². The SMILES string of the molecule is C[C@H](NC(=O)C(F)Cl)[C@H](Oc1ccc2c(cnn2-c2ccc(F)cc2)c1)c1ccccc1.